The minimum atomic E-state index is 0.529. The Bertz CT molecular complexity index is 523. The third kappa shape index (κ3) is 3.80. The van der Waals surface area contributed by atoms with E-state index in [9.17, 15) is 0 Å². The summed E-state index contributed by atoms with van der Waals surface area (Å²) in [5.41, 5.74) is 2.48. The van der Waals surface area contributed by atoms with Crippen molar-refractivity contribution >= 4 is 27.6 Å². The number of nitrogens with one attached hydrogen (secondary N) is 2. The van der Waals surface area contributed by atoms with Gasteiger partial charge in [0.1, 0.15) is 29.0 Å². The summed E-state index contributed by atoms with van der Waals surface area (Å²) in [6.45, 7) is 1.15. The first-order valence-corrected chi connectivity index (χ1v) is 6.49. The van der Waals surface area contributed by atoms with E-state index in [2.05, 4.69) is 36.6 Å². The van der Waals surface area contributed by atoms with E-state index in [4.69, 9.17) is 10.6 Å². The first-order valence-electron chi connectivity index (χ1n) is 5.70. The molecule has 0 aliphatic heterocycles. The number of para-hydroxylation sites is 1. The van der Waals surface area contributed by atoms with Crippen LogP contribution in [0.25, 0.3) is 0 Å². The van der Waals surface area contributed by atoms with Gasteiger partial charge in [-0.05, 0) is 28.1 Å². The van der Waals surface area contributed by atoms with Gasteiger partial charge in [0.15, 0.2) is 5.82 Å². The second-order valence-electron chi connectivity index (χ2n) is 3.62. The molecule has 100 valence electrons. The fraction of sp³-hybridized carbons (Fsp3) is 0.167. The van der Waals surface area contributed by atoms with Gasteiger partial charge in [0.25, 0.3) is 0 Å². The Labute approximate surface area is 119 Å². The number of benzene rings is 1. The van der Waals surface area contributed by atoms with Gasteiger partial charge in [0, 0.05) is 0 Å². The summed E-state index contributed by atoms with van der Waals surface area (Å²) < 4.78 is 6.25. The molecular formula is C12H14BrN5O. The van der Waals surface area contributed by atoms with Crippen molar-refractivity contribution in [2.45, 2.75) is 0 Å². The van der Waals surface area contributed by atoms with Gasteiger partial charge in [-0.3, -0.25) is 0 Å². The lowest BCUT2D eigenvalue weighted by Gasteiger charge is -2.10. The number of hydrogen-bond acceptors (Lipinski definition) is 6. The Kier molecular flexibility index (Phi) is 4.93. The average Bonchev–Trinajstić information content (AvgIpc) is 2.46. The maximum Gasteiger partial charge on any atom is 0.159 e. The quantitative estimate of drug-likeness (QED) is 0.428. The van der Waals surface area contributed by atoms with Crippen LogP contribution in [0.3, 0.4) is 0 Å². The summed E-state index contributed by atoms with van der Waals surface area (Å²) in [5, 5.41) is 3.14. The molecule has 1 heterocycles. The van der Waals surface area contributed by atoms with E-state index in [1.807, 2.05) is 30.3 Å². The van der Waals surface area contributed by atoms with Crippen molar-refractivity contribution in [2.75, 3.05) is 23.9 Å². The van der Waals surface area contributed by atoms with Gasteiger partial charge >= 0.3 is 0 Å². The highest BCUT2D eigenvalue weighted by Crippen LogP contribution is 2.25. The molecule has 0 saturated carbocycles. The average molecular weight is 324 g/mol. The number of hydrazine groups is 1. The van der Waals surface area contributed by atoms with Gasteiger partial charge in [-0.25, -0.2) is 15.8 Å². The fourth-order valence-electron chi connectivity index (χ4n) is 1.45. The molecule has 0 aliphatic rings. The number of rotatable bonds is 6. The summed E-state index contributed by atoms with van der Waals surface area (Å²) >= 11 is 3.37. The van der Waals surface area contributed by atoms with Crippen LogP contribution in [-0.4, -0.2) is 23.1 Å². The van der Waals surface area contributed by atoms with Crippen LogP contribution in [0.1, 0.15) is 0 Å². The highest BCUT2D eigenvalue weighted by molar-refractivity contribution is 9.10. The van der Waals surface area contributed by atoms with Crippen molar-refractivity contribution in [1.82, 2.24) is 9.97 Å². The molecule has 19 heavy (non-hydrogen) atoms. The Hall–Kier alpha value is -1.86. The molecule has 0 spiro atoms. The minimum Gasteiger partial charge on any atom is -0.492 e. The van der Waals surface area contributed by atoms with E-state index >= 15 is 0 Å². The van der Waals surface area contributed by atoms with Gasteiger partial charge in [-0.2, -0.15) is 0 Å². The van der Waals surface area contributed by atoms with Crippen molar-refractivity contribution < 1.29 is 4.74 Å². The third-order valence-corrected chi connectivity index (χ3v) is 3.08. The van der Waals surface area contributed by atoms with E-state index in [1.165, 1.54) is 6.33 Å². The molecule has 0 radical (unpaired) electrons. The summed E-state index contributed by atoms with van der Waals surface area (Å²) in [6, 6.07) is 9.64. The largest absolute Gasteiger partial charge is 0.492 e. The molecule has 0 unspecified atom stereocenters. The molecule has 0 aliphatic carbocycles. The van der Waals surface area contributed by atoms with Crippen LogP contribution < -0.4 is 21.3 Å². The van der Waals surface area contributed by atoms with Crippen molar-refractivity contribution in [2.24, 2.45) is 5.84 Å². The Morgan fingerprint density at radius 3 is 2.63 bits per heavy atom. The molecule has 2 rings (SSSR count). The van der Waals surface area contributed by atoms with Crippen LogP contribution in [0.2, 0.25) is 0 Å². The minimum absolute atomic E-state index is 0.529. The lowest BCUT2D eigenvalue weighted by atomic mass is 10.3. The summed E-state index contributed by atoms with van der Waals surface area (Å²) in [7, 11) is 0. The van der Waals surface area contributed by atoms with Crippen molar-refractivity contribution in [1.29, 1.82) is 0 Å². The van der Waals surface area contributed by atoms with Crippen molar-refractivity contribution in [3.63, 3.8) is 0 Å². The van der Waals surface area contributed by atoms with Crippen LogP contribution in [0.5, 0.6) is 5.75 Å². The maximum atomic E-state index is 5.56. The number of ether oxygens (including phenoxy) is 1. The van der Waals surface area contributed by atoms with E-state index in [1.54, 1.807) is 0 Å². The lowest BCUT2D eigenvalue weighted by molar-refractivity contribution is 0.332. The molecule has 1 aromatic heterocycles. The number of halogens is 1. The molecule has 2 aromatic rings. The SMILES string of the molecule is NNc1ncnc(NCCOc2ccccc2)c1Br. The lowest BCUT2D eigenvalue weighted by Crippen LogP contribution is -2.15. The first-order chi connectivity index (χ1) is 9.31. The zero-order valence-corrected chi connectivity index (χ0v) is 11.7. The van der Waals surface area contributed by atoms with Gasteiger partial charge in [0.05, 0.1) is 6.54 Å². The van der Waals surface area contributed by atoms with E-state index in [0.717, 1.165) is 5.75 Å². The normalized spacial score (nSPS) is 10.0. The van der Waals surface area contributed by atoms with Crippen LogP contribution in [0.4, 0.5) is 11.6 Å². The maximum absolute atomic E-state index is 5.56. The fourth-order valence-corrected chi connectivity index (χ4v) is 1.91. The molecule has 0 atom stereocenters. The zero-order chi connectivity index (χ0) is 13.5. The highest BCUT2D eigenvalue weighted by Gasteiger charge is 2.06. The smallest absolute Gasteiger partial charge is 0.159 e. The molecular weight excluding hydrogens is 310 g/mol. The van der Waals surface area contributed by atoms with Crippen LogP contribution >= 0.6 is 15.9 Å². The molecule has 0 saturated heterocycles. The summed E-state index contributed by atoms with van der Waals surface area (Å²) in [5.74, 6) is 7.37. The monoisotopic (exact) mass is 323 g/mol. The van der Waals surface area contributed by atoms with Gasteiger partial charge in [0.2, 0.25) is 0 Å². The topological polar surface area (TPSA) is 85.1 Å². The first kappa shape index (κ1) is 13.6. The standard InChI is InChI=1S/C12H14BrN5O/c13-10-11(16-8-17-12(10)18-14)15-6-7-19-9-4-2-1-3-5-9/h1-5,8H,6-7,14H2,(H2,15,16,17,18). The van der Waals surface area contributed by atoms with Crippen molar-refractivity contribution in [3.8, 4) is 5.75 Å². The Morgan fingerprint density at radius 1 is 1.16 bits per heavy atom. The number of nitrogens with zero attached hydrogens (tertiary/aromatic N) is 2. The molecule has 4 N–H and O–H groups in total. The van der Waals surface area contributed by atoms with Crippen LogP contribution in [-0.2, 0) is 0 Å². The van der Waals surface area contributed by atoms with Gasteiger partial charge in [-0.15, -0.1) is 0 Å². The molecule has 0 fully saturated rings. The number of nitrogen functional groups attached to an aromatic ring is 1. The number of hydrogen-bond donors (Lipinski definition) is 3. The highest BCUT2D eigenvalue weighted by atomic mass is 79.9. The molecule has 6 nitrogen and oxygen atoms in total. The van der Waals surface area contributed by atoms with E-state index in [-0.39, 0.29) is 0 Å². The summed E-state index contributed by atoms with van der Waals surface area (Å²) in [4.78, 5) is 8.08. The number of nitrogens with two attached hydrogens (primary N) is 1. The predicted octanol–water partition coefficient (Wildman–Crippen LogP) is 2.02. The third-order valence-electron chi connectivity index (χ3n) is 2.33. The number of aromatic nitrogens is 2. The molecule has 7 heteroatoms. The second kappa shape index (κ2) is 6.91. The van der Waals surface area contributed by atoms with Gasteiger partial charge < -0.3 is 15.5 Å². The Balaban J connectivity index is 1.83. The molecule has 1 aromatic carbocycles. The zero-order valence-electron chi connectivity index (χ0n) is 10.1. The van der Waals surface area contributed by atoms with Crippen LogP contribution in [0, 0.1) is 0 Å². The number of anilines is 2. The molecule has 0 amide bonds. The second-order valence-corrected chi connectivity index (χ2v) is 4.41. The predicted molar refractivity (Wildman–Crippen MR) is 78.0 cm³/mol. The van der Waals surface area contributed by atoms with E-state index < -0.39 is 0 Å². The van der Waals surface area contributed by atoms with E-state index in [0.29, 0.717) is 29.3 Å². The molecule has 0 bridgehead atoms. The van der Waals surface area contributed by atoms with Crippen molar-refractivity contribution in [3.05, 3.63) is 41.1 Å². The Morgan fingerprint density at radius 2 is 1.89 bits per heavy atom. The van der Waals surface area contributed by atoms with Gasteiger partial charge in [-0.1, -0.05) is 18.2 Å². The summed E-state index contributed by atoms with van der Waals surface area (Å²) in [6.07, 6.45) is 1.43. The van der Waals surface area contributed by atoms with Crippen LogP contribution in [0.15, 0.2) is 41.1 Å².